The molecule has 0 spiro atoms. The van der Waals surface area contributed by atoms with Gasteiger partial charge in [-0.05, 0) is 11.8 Å². The monoisotopic (exact) mass is 310 g/mol. The van der Waals surface area contributed by atoms with Crippen molar-refractivity contribution in [3.8, 4) is 11.4 Å². The van der Waals surface area contributed by atoms with Crippen LogP contribution in [0.1, 0.15) is 56.6 Å². The first kappa shape index (κ1) is 16.3. The molecule has 2 aromatic rings. The van der Waals surface area contributed by atoms with Crippen molar-refractivity contribution in [3.63, 3.8) is 0 Å². The van der Waals surface area contributed by atoms with Gasteiger partial charge in [-0.3, -0.25) is 9.97 Å². The van der Waals surface area contributed by atoms with Crippen LogP contribution in [-0.4, -0.2) is 19.9 Å². The summed E-state index contributed by atoms with van der Waals surface area (Å²) in [5.41, 5.74) is 0.603. The fourth-order valence-corrected chi connectivity index (χ4v) is 1.92. The number of rotatable bonds is 3. The number of alkyl halides is 3. The molecule has 0 amide bonds. The molecule has 0 atom stereocenters. The van der Waals surface area contributed by atoms with Crippen LogP contribution in [0.25, 0.3) is 11.4 Å². The molecular weight excluding hydrogens is 293 g/mol. The lowest BCUT2D eigenvalue weighted by Gasteiger charge is -2.14. The third-order valence-corrected chi connectivity index (χ3v) is 3.13. The van der Waals surface area contributed by atoms with E-state index in [1.807, 2.05) is 27.7 Å². The molecular formula is C15H17F3N4. The fourth-order valence-electron chi connectivity index (χ4n) is 1.92. The van der Waals surface area contributed by atoms with E-state index in [2.05, 4.69) is 19.9 Å². The Hall–Kier alpha value is -2.05. The van der Waals surface area contributed by atoms with Crippen LogP contribution in [0.15, 0.2) is 18.6 Å². The first-order chi connectivity index (χ1) is 10.2. The highest BCUT2D eigenvalue weighted by molar-refractivity contribution is 5.57. The normalized spacial score (nSPS) is 12.2. The summed E-state index contributed by atoms with van der Waals surface area (Å²) >= 11 is 0. The number of hydrogen-bond donors (Lipinski definition) is 0. The minimum Gasteiger partial charge on any atom is -0.260 e. The van der Waals surface area contributed by atoms with Crippen molar-refractivity contribution in [2.24, 2.45) is 0 Å². The highest BCUT2D eigenvalue weighted by Crippen LogP contribution is 2.31. The average Bonchev–Trinajstić information content (AvgIpc) is 2.45. The van der Waals surface area contributed by atoms with Crippen molar-refractivity contribution in [1.29, 1.82) is 0 Å². The molecule has 22 heavy (non-hydrogen) atoms. The van der Waals surface area contributed by atoms with Gasteiger partial charge in [-0.25, -0.2) is 9.97 Å². The van der Waals surface area contributed by atoms with Gasteiger partial charge >= 0.3 is 6.18 Å². The first-order valence-electron chi connectivity index (χ1n) is 6.96. The molecule has 0 saturated heterocycles. The Bertz CT molecular complexity index is 666. The van der Waals surface area contributed by atoms with Crippen LogP contribution in [0.3, 0.4) is 0 Å². The smallest absolute Gasteiger partial charge is 0.260 e. The number of aromatic nitrogens is 4. The topological polar surface area (TPSA) is 51.6 Å². The van der Waals surface area contributed by atoms with Gasteiger partial charge < -0.3 is 0 Å². The zero-order valence-corrected chi connectivity index (χ0v) is 12.8. The average molecular weight is 310 g/mol. The van der Waals surface area contributed by atoms with E-state index in [1.54, 1.807) is 6.20 Å². The summed E-state index contributed by atoms with van der Waals surface area (Å²) in [7, 11) is 0. The number of halogens is 3. The van der Waals surface area contributed by atoms with Crippen LogP contribution in [-0.2, 0) is 6.18 Å². The Morgan fingerprint density at radius 3 is 2.14 bits per heavy atom. The summed E-state index contributed by atoms with van der Waals surface area (Å²) in [5, 5.41) is 0. The summed E-state index contributed by atoms with van der Waals surface area (Å²) in [5.74, 6) is 0.0444. The maximum atomic E-state index is 12.9. The number of nitrogens with zero attached hydrogens (tertiary/aromatic N) is 4. The molecule has 2 heterocycles. The van der Waals surface area contributed by atoms with Gasteiger partial charge in [0.15, 0.2) is 5.69 Å². The van der Waals surface area contributed by atoms with Crippen molar-refractivity contribution in [2.45, 2.75) is 45.7 Å². The zero-order chi connectivity index (χ0) is 16.5. The Labute approximate surface area is 126 Å². The molecule has 0 aromatic carbocycles. The fraction of sp³-hybridized carbons (Fsp3) is 0.467. The Kier molecular flexibility index (Phi) is 4.44. The highest BCUT2D eigenvalue weighted by atomic mass is 19.4. The molecule has 0 radical (unpaired) electrons. The van der Waals surface area contributed by atoms with Gasteiger partial charge in [0.05, 0.1) is 23.8 Å². The minimum absolute atomic E-state index is 0.0747. The van der Waals surface area contributed by atoms with Crippen molar-refractivity contribution in [1.82, 2.24) is 19.9 Å². The Balaban J connectivity index is 2.63. The minimum atomic E-state index is -4.54. The van der Waals surface area contributed by atoms with Crippen molar-refractivity contribution in [2.75, 3.05) is 0 Å². The van der Waals surface area contributed by atoms with Gasteiger partial charge in [-0.1, -0.05) is 27.7 Å². The Morgan fingerprint density at radius 1 is 0.909 bits per heavy atom. The quantitative estimate of drug-likeness (QED) is 0.852. The van der Waals surface area contributed by atoms with Gasteiger partial charge in [-0.2, -0.15) is 13.2 Å². The molecule has 118 valence electrons. The van der Waals surface area contributed by atoms with E-state index in [9.17, 15) is 13.2 Å². The van der Waals surface area contributed by atoms with E-state index in [4.69, 9.17) is 0 Å². The van der Waals surface area contributed by atoms with Crippen molar-refractivity contribution in [3.05, 3.63) is 35.7 Å². The second-order valence-corrected chi connectivity index (χ2v) is 5.63. The summed E-state index contributed by atoms with van der Waals surface area (Å²) in [6.07, 6.45) is -0.759. The SMILES string of the molecule is CC(C)c1cncc(-c2nc(C(F)(F)F)cnc2C(C)C)n1. The summed E-state index contributed by atoms with van der Waals surface area (Å²) in [6, 6.07) is 0. The van der Waals surface area contributed by atoms with E-state index in [0.29, 0.717) is 17.1 Å². The van der Waals surface area contributed by atoms with Gasteiger partial charge in [0.1, 0.15) is 11.4 Å². The molecule has 2 aromatic heterocycles. The molecule has 4 nitrogen and oxygen atoms in total. The highest BCUT2D eigenvalue weighted by Gasteiger charge is 2.34. The van der Waals surface area contributed by atoms with Gasteiger partial charge in [-0.15, -0.1) is 0 Å². The zero-order valence-electron chi connectivity index (χ0n) is 12.8. The predicted molar refractivity (Wildman–Crippen MR) is 76.2 cm³/mol. The van der Waals surface area contributed by atoms with E-state index in [1.165, 1.54) is 6.20 Å². The largest absolute Gasteiger partial charge is 0.434 e. The molecule has 0 aliphatic rings. The summed E-state index contributed by atoms with van der Waals surface area (Å²) < 4.78 is 38.7. The maximum absolute atomic E-state index is 12.9. The van der Waals surface area contributed by atoms with Crippen LogP contribution in [0.5, 0.6) is 0 Å². The third-order valence-electron chi connectivity index (χ3n) is 3.13. The molecule has 7 heteroatoms. The summed E-state index contributed by atoms with van der Waals surface area (Å²) in [4.78, 5) is 16.1. The molecule has 0 aliphatic heterocycles. The summed E-state index contributed by atoms with van der Waals surface area (Å²) in [6.45, 7) is 7.57. The van der Waals surface area contributed by atoms with Crippen LogP contribution in [0.4, 0.5) is 13.2 Å². The van der Waals surface area contributed by atoms with Crippen LogP contribution in [0.2, 0.25) is 0 Å². The Morgan fingerprint density at radius 2 is 1.59 bits per heavy atom. The molecule has 0 fully saturated rings. The molecule has 0 N–H and O–H groups in total. The van der Waals surface area contributed by atoms with Crippen molar-refractivity contribution < 1.29 is 13.2 Å². The number of hydrogen-bond acceptors (Lipinski definition) is 4. The molecule has 2 rings (SSSR count). The van der Waals surface area contributed by atoms with Crippen LogP contribution in [0, 0.1) is 0 Å². The first-order valence-corrected chi connectivity index (χ1v) is 6.96. The standard InChI is InChI=1S/C15H17F3N4/c1-8(2)10-5-19-6-11(21-10)14-13(9(3)4)20-7-12(22-14)15(16,17)18/h5-9H,1-4H3. The van der Waals surface area contributed by atoms with Crippen LogP contribution < -0.4 is 0 Å². The van der Waals surface area contributed by atoms with E-state index >= 15 is 0 Å². The van der Waals surface area contributed by atoms with E-state index in [-0.39, 0.29) is 17.5 Å². The van der Waals surface area contributed by atoms with Gasteiger partial charge in [0.25, 0.3) is 0 Å². The van der Waals surface area contributed by atoms with Crippen LogP contribution >= 0.6 is 0 Å². The molecule has 0 bridgehead atoms. The lowest BCUT2D eigenvalue weighted by atomic mass is 10.1. The predicted octanol–water partition coefficient (Wildman–Crippen LogP) is 4.20. The molecule has 0 saturated carbocycles. The third kappa shape index (κ3) is 3.40. The maximum Gasteiger partial charge on any atom is 0.434 e. The van der Waals surface area contributed by atoms with Crippen molar-refractivity contribution >= 4 is 0 Å². The van der Waals surface area contributed by atoms with Gasteiger partial charge in [0.2, 0.25) is 0 Å². The lowest BCUT2D eigenvalue weighted by Crippen LogP contribution is -2.12. The second-order valence-electron chi connectivity index (χ2n) is 5.63. The van der Waals surface area contributed by atoms with E-state index < -0.39 is 11.9 Å². The molecule has 0 aliphatic carbocycles. The second kappa shape index (κ2) is 5.98. The molecule has 0 unspecified atom stereocenters. The van der Waals surface area contributed by atoms with Gasteiger partial charge in [0, 0.05) is 6.20 Å². The van der Waals surface area contributed by atoms with E-state index in [0.717, 1.165) is 6.20 Å². The lowest BCUT2D eigenvalue weighted by molar-refractivity contribution is -0.141.